The second-order valence-electron chi connectivity index (χ2n) is 16.2. The molecule has 4 aromatic rings. The molecule has 7 rings (SSSR count). The Labute approximate surface area is 327 Å². The minimum Gasteiger partial charge on any atom is -0.453 e. The number of carbonyl (C=O) groups excluding carboxylic acids is 4. The van der Waals surface area contributed by atoms with Crippen molar-refractivity contribution in [3.63, 3.8) is 0 Å². The molecule has 4 heterocycles. The third kappa shape index (κ3) is 7.83. The van der Waals surface area contributed by atoms with Crippen LogP contribution < -0.4 is 10.6 Å². The first-order valence-electron chi connectivity index (χ1n) is 19.5. The van der Waals surface area contributed by atoms with Gasteiger partial charge in [0.15, 0.2) is 0 Å². The molecule has 0 bridgehead atoms. The number of piperidine rings is 1. The SMILES string of the molecule is COC(=O)N[C@H](C(=O)N1C[C@@H](C)C[C@H]1c1ncc(-c2ccc3cc(C#Cc4ccc([C@@H]5C[C@H]6C[C@H]6N5C(=O)[C@@H](NC(=O)OC)C(C)C)[nH]4)ccc3c2)[nH]1)C(C)C. The number of H-pyrrole nitrogens is 2. The van der Waals surface area contributed by atoms with Gasteiger partial charge in [-0.2, -0.15) is 0 Å². The van der Waals surface area contributed by atoms with Gasteiger partial charge < -0.3 is 39.9 Å². The molecule has 3 aliphatic rings. The largest absolute Gasteiger partial charge is 0.453 e. The van der Waals surface area contributed by atoms with E-state index in [1.165, 1.54) is 14.2 Å². The number of aromatic amines is 2. The maximum Gasteiger partial charge on any atom is 0.407 e. The summed E-state index contributed by atoms with van der Waals surface area (Å²) in [4.78, 5) is 66.9. The lowest BCUT2D eigenvalue weighted by Gasteiger charge is -2.32. The number of nitrogens with one attached hydrogen (secondary N) is 4. The number of likely N-dealkylation sites (tertiary alicyclic amines) is 2. The van der Waals surface area contributed by atoms with E-state index in [4.69, 9.17) is 14.5 Å². The smallest absolute Gasteiger partial charge is 0.407 e. The Morgan fingerprint density at radius 3 is 2.18 bits per heavy atom. The predicted molar refractivity (Wildman–Crippen MR) is 211 cm³/mol. The van der Waals surface area contributed by atoms with Crippen LogP contribution in [0.3, 0.4) is 0 Å². The van der Waals surface area contributed by atoms with E-state index in [0.717, 1.165) is 64.1 Å². The third-order valence-electron chi connectivity index (χ3n) is 11.4. The van der Waals surface area contributed by atoms with Gasteiger partial charge in [-0.25, -0.2) is 14.6 Å². The maximum atomic E-state index is 13.7. The number of methoxy groups -OCH3 is 2. The number of fused-ring (bicyclic) bond motifs is 2. The topological polar surface area (TPSA) is 162 Å². The molecule has 13 heteroatoms. The average molecular weight is 762 g/mol. The van der Waals surface area contributed by atoms with E-state index in [0.29, 0.717) is 12.5 Å². The van der Waals surface area contributed by atoms with Crippen molar-refractivity contribution in [2.45, 2.75) is 84.1 Å². The summed E-state index contributed by atoms with van der Waals surface area (Å²) >= 11 is 0. The van der Waals surface area contributed by atoms with Crippen LogP contribution >= 0.6 is 0 Å². The fourth-order valence-corrected chi connectivity index (χ4v) is 8.30. The molecule has 7 atom stereocenters. The zero-order valence-corrected chi connectivity index (χ0v) is 33.0. The van der Waals surface area contributed by atoms with Gasteiger partial charge in [-0.05, 0) is 90.0 Å². The van der Waals surface area contributed by atoms with E-state index in [2.05, 4.69) is 63.6 Å². The van der Waals surface area contributed by atoms with Gasteiger partial charge in [0.2, 0.25) is 11.8 Å². The molecule has 294 valence electrons. The highest BCUT2D eigenvalue weighted by molar-refractivity contribution is 5.89. The number of hydrogen-bond acceptors (Lipinski definition) is 7. The molecule has 4 N–H and O–H groups in total. The number of nitrogens with zero attached hydrogens (tertiary/aromatic N) is 3. The molecule has 0 unspecified atom stereocenters. The quantitative estimate of drug-likeness (QED) is 0.146. The number of alkyl carbamates (subject to hydrolysis) is 2. The normalized spacial score (nSPS) is 22.3. The first kappa shape index (κ1) is 38.5. The van der Waals surface area contributed by atoms with Gasteiger partial charge in [0.1, 0.15) is 17.9 Å². The number of ether oxygens (including phenoxy) is 2. The van der Waals surface area contributed by atoms with Crippen LogP contribution in [0.4, 0.5) is 9.59 Å². The van der Waals surface area contributed by atoms with Gasteiger partial charge in [0, 0.05) is 29.4 Å². The molecule has 4 amide bonds. The molecule has 13 nitrogen and oxygen atoms in total. The Kier molecular flexibility index (Phi) is 10.8. The highest BCUT2D eigenvalue weighted by Gasteiger charge is 2.55. The van der Waals surface area contributed by atoms with Crippen molar-refractivity contribution in [1.29, 1.82) is 0 Å². The molecular formula is C43H51N7O6. The second-order valence-corrected chi connectivity index (χ2v) is 16.2. The molecule has 2 saturated heterocycles. The van der Waals surface area contributed by atoms with Gasteiger partial charge >= 0.3 is 12.2 Å². The van der Waals surface area contributed by atoms with Crippen LogP contribution in [0, 0.1) is 35.5 Å². The number of hydrogen-bond donors (Lipinski definition) is 4. The summed E-state index contributed by atoms with van der Waals surface area (Å²) in [6.07, 6.45) is 3.21. The molecule has 3 fully saturated rings. The van der Waals surface area contributed by atoms with Crippen LogP contribution in [-0.4, -0.2) is 87.6 Å². The van der Waals surface area contributed by atoms with Crippen LogP contribution in [0.25, 0.3) is 22.0 Å². The second kappa shape index (κ2) is 15.8. The highest BCUT2D eigenvalue weighted by Crippen LogP contribution is 2.53. The summed E-state index contributed by atoms with van der Waals surface area (Å²) in [5.41, 5.74) is 4.42. The number of rotatable bonds is 9. The molecule has 2 aliphatic heterocycles. The fourth-order valence-electron chi connectivity index (χ4n) is 8.30. The minimum atomic E-state index is -0.701. The van der Waals surface area contributed by atoms with E-state index in [9.17, 15) is 19.2 Å². The van der Waals surface area contributed by atoms with Crippen molar-refractivity contribution in [3.05, 3.63) is 77.5 Å². The van der Waals surface area contributed by atoms with Gasteiger partial charge in [-0.1, -0.05) is 58.7 Å². The number of benzene rings is 2. The zero-order chi connectivity index (χ0) is 39.8. The predicted octanol–water partition coefficient (Wildman–Crippen LogP) is 6.29. The summed E-state index contributed by atoms with van der Waals surface area (Å²) in [5.74, 6) is 7.60. The Morgan fingerprint density at radius 1 is 0.804 bits per heavy atom. The van der Waals surface area contributed by atoms with Gasteiger partial charge in [-0.15, -0.1) is 0 Å². The Balaban J connectivity index is 1.04. The number of aromatic nitrogens is 3. The van der Waals surface area contributed by atoms with Crippen LogP contribution in [0.15, 0.2) is 54.7 Å². The lowest BCUT2D eigenvalue weighted by Crippen LogP contribution is -2.51. The molecule has 2 aromatic carbocycles. The van der Waals surface area contributed by atoms with Gasteiger partial charge in [0.05, 0.1) is 43.9 Å². The van der Waals surface area contributed by atoms with Crippen molar-refractivity contribution in [3.8, 4) is 23.1 Å². The lowest BCUT2D eigenvalue weighted by molar-refractivity contribution is -0.137. The van der Waals surface area contributed by atoms with E-state index in [1.54, 1.807) is 0 Å². The number of carbonyl (C=O) groups is 4. The standard InChI is InChI=1S/C43H51N7O6/c1-23(2)37(47-42(53)55-6)40(51)49-22-25(5)16-36(49)39-44-21-33(46-39)29-12-11-27-17-26(8-10-28(27)18-29)9-13-31-14-15-32(45-31)35-20-30-19-34(30)50(35)41(52)38(24(3)4)48-43(54)56-7/h8,10-12,14-15,17-18,21,23-25,30,34-38,45H,16,19-20,22H2,1-7H3,(H,44,46)(H,47,53)(H,48,54)/t25-,30+,34+,35-,36-,37-,38-/m0/s1. The molecule has 0 spiro atoms. The van der Waals surface area contributed by atoms with E-state index >= 15 is 0 Å². The van der Waals surface area contributed by atoms with Crippen LogP contribution in [-0.2, 0) is 19.1 Å². The summed E-state index contributed by atoms with van der Waals surface area (Å²) in [5, 5.41) is 7.55. The van der Waals surface area contributed by atoms with Crippen LogP contribution in [0.2, 0.25) is 0 Å². The highest BCUT2D eigenvalue weighted by atomic mass is 16.5. The first-order valence-corrected chi connectivity index (χ1v) is 19.5. The Hall–Kier alpha value is -5.77. The van der Waals surface area contributed by atoms with Gasteiger partial charge in [-0.3, -0.25) is 9.59 Å². The molecular weight excluding hydrogens is 711 g/mol. The van der Waals surface area contributed by atoms with Crippen molar-refractivity contribution in [2.24, 2.45) is 23.7 Å². The van der Waals surface area contributed by atoms with Crippen molar-refractivity contribution < 1.29 is 28.7 Å². The fraction of sp³-hybridized carbons (Fsp3) is 0.465. The zero-order valence-electron chi connectivity index (χ0n) is 33.0. The Morgan fingerprint density at radius 2 is 1.48 bits per heavy atom. The summed E-state index contributed by atoms with van der Waals surface area (Å²) in [6.45, 7) is 10.3. The van der Waals surface area contributed by atoms with E-state index in [-0.39, 0.29) is 47.7 Å². The molecule has 2 aromatic heterocycles. The van der Waals surface area contributed by atoms with E-state index < -0.39 is 24.3 Å². The summed E-state index contributed by atoms with van der Waals surface area (Å²) in [7, 11) is 2.59. The van der Waals surface area contributed by atoms with Crippen molar-refractivity contribution in [2.75, 3.05) is 20.8 Å². The molecule has 0 radical (unpaired) electrons. The third-order valence-corrected chi connectivity index (χ3v) is 11.4. The maximum absolute atomic E-state index is 13.7. The summed E-state index contributed by atoms with van der Waals surface area (Å²) in [6, 6.07) is 14.8. The molecule has 1 saturated carbocycles. The lowest BCUT2D eigenvalue weighted by atomic mass is 10.0. The van der Waals surface area contributed by atoms with Crippen LogP contribution in [0.1, 0.15) is 88.7 Å². The van der Waals surface area contributed by atoms with Crippen molar-refractivity contribution >= 4 is 34.8 Å². The molecule has 1 aliphatic carbocycles. The van der Waals surface area contributed by atoms with Crippen molar-refractivity contribution in [1.82, 2.24) is 35.4 Å². The first-order chi connectivity index (χ1) is 26.8. The van der Waals surface area contributed by atoms with Gasteiger partial charge in [0.25, 0.3) is 0 Å². The average Bonchev–Trinajstić information content (AvgIpc) is 3.66. The number of amides is 4. The number of imidazole rings is 1. The Bertz CT molecular complexity index is 2200. The minimum absolute atomic E-state index is 0.0804. The monoisotopic (exact) mass is 761 g/mol. The molecule has 56 heavy (non-hydrogen) atoms. The summed E-state index contributed by atoms with van der Waals surface area (Å²) < 4.78 is 9.57. The van der Waals surface area contributed by atoms with E-state index in [1.807, 2.05) is 68.0 Å². The van der Waals surface area contributed by atoms with Crippen LogP contribution in [0.5, 0.6) is 0 Å².